The molecule has 2 N–H and O–H groups in total. The van der Waals surface area contributed by atoms with Crippen molar-refractivity contribution < 1.29 is 19.4 Å². The highest BCUT2D eigenvalue weighted by Gasteiger charge is 2.16. The predicted molar refractivity (Wildman–Crippen MR) is 160 cm³/mol. The number of aromatic hydroxyl groups is 1. The van der Waals surface area contributed by atoms with Crippen LogP contribution in [0.5, 0.6) is 5.75 Å². The van der Waals surface area contributed by atoms with E-state index in [0.717, 1.165) is 53.8 Å². The summed E-state index contributed by atoms with van der Waals surface area (Å²) in [5.41, 5.74) is 4.90. The molecule has 0 aliphatic carbocycles. The van der Waals surface area contributed by atoms with Gasteiger partial charge < -0.3 is 10.4 Å². The number of nitrogens with zero attached hydrogens (tertiary/aromatic N) is 6. The van der Waals surface area contributed by atoms with Crippen molar-refractivity contribution in [3.8, 4) is 5.75 Å². The lowest BCUT2D eigenvalue weighted by Gasteiger charge is -2.14. The second kappa shape index (κ2) is 15.0. The summed E-state index contributed by atoms with van der Waals surface area (Å²) in [5.74, 6) is -0.0230. The van der Waals surface area contributed by atoms with E-state index in [2.05, 4.69) is 52.9 Å². The molecule has 0 unspecified atom stereocenters. The fourth-order valence-corrected chi connectivity index (χ4v) is 4.40. The van der Waals surface area contributed by atoms with E-state index in [4.69, 9.17) is 4.33 Å². The van der Waals surface area contributed by atoms with Gasteiger partial charge in [0.05, 0.1) is 46.8 Å². The Morgan fingerprint density at radius 1 is 0.829 bits per heavy atom. The maximum Gasteiger partial charge on any atom is 0.152 e. The number of unbranched alkanes of at least 4 members (excludes halogenated alkanes) is 1. The number of aryl methyl sites for hydroxylation is 1. The smallest absolute Gasteiger partial charge is 0.152 e. The number of rotatable bonds is 13. The molecule has 0 aromatic heterocycles. The van der Waals surface area contributed by atoms with E-state index in [1.165, 1.54) is 7.11 Å². The molecule has 4 aromatic carbocycles. The van der Waals surface area contributed by atoms with Gasteiger partial charge >= 0.3 is 0 Å². The average Bonchev–Trinajstić information content (AvgIpc) is 2.98. The molecule has 41 heavy (non-hydrogen) atoms. The van der Waals surface area contributed by atoms with Crippen LogP contribution in [0.4, 0.5) is 34.1 Å². The number of hydrogen-bond donors (Lipinski definition) is 2. The number of benzene rings is 4. The van der Waals surface area contributed by atoms with Crippen molar-refractivity contribution in [2.45, 2.75) is 31.6 Å². The van der Waals surface area contributed by atoms with Crippen LogP contribution in [-0.4, -0.2) is 25.8 Å². The van der Waals surface area contributed by atoms with Gasteiger partial charge in [0.2, 0.25) is 0 Å². The van der Waals surface area contributed by atoms with Gasteiger partial charge in [-0.25, -0.2) is 4.89 Å². The van der Waals surface area contributed by atoms with E-state index in [1.807, 2.05) is 49.4 Å². The molecule has 0 fully saturated rings. The van der Waals surface area contributed by atoms with Gasteiger partial charge in [0.25, 0.3) is 0 Å². The van der Waals surface area contributed by atoms with Crippen molar-refractivity contribution in [1.82, 2.24) is 0 Å². The molecule has 0 aliphatic rings. The standard InChI is InChI=1S/C29H31N7O4S/c1-5-6-15-31-26-18-25-20(16-19(26)2)17-27(41-40-39-38-4)28(29(25)37)36-35-24-13-11-23(12-14-24)34-33-22-9-7-21(8-10-22)32-30-3/h7-14,16-18,31,37H,5-6,15H2,1-4H3. The highest BCUT2D eigenvalue weighted by atomic mass is 32.2. The van der Waals surface area contributed by atoms with E-state index >= 15 is 0 Å². The quantitative estimate of drug-likeness (QED) is 0.0537. The van der Waals surface area contributed by atoms with Gasteiger partial charge in [-0.15, -0.1) is 9.45 Å². The minimum atomic E-state index is -0.0230. The molecule has 0 saturated heterocycles. The minimum Gasteiger partial charge on any atom is -0.505 e. The molecule has 212 valence electrons. The Bertz CT molecular complexity index is 1540. The zero-order valence-electron chi connectivity index (χ0n) is 23.2. The molecule has 0 radical (unpaired) electrons. The van der Waals surface area contributed by atoms with Gasteiger partial charge in [0.15, 0.2) is 5.75 Å². The van der Waals surface area contributed by atoms with Crippen LogP contribution in [0.3, 0.4) is 0 Å². The van der Waals surface area contributed by atoms with E-state index in [1.54, 1.807) is 31.3 Å². The Balaban J connectivity index is 1.58. The average molecular weight is 574 g/mol. The summed E-state index contributed by atoms with van der Waals surface area (Å²) in [7, 11) is 2.95. The van der Waals surface area contributed by atoms with Crippen molar-refractivity contribution in [3.63, 3.8) is 0 Å². The zero-order valence-corrected chi connectivity index (χ0v) is 24.1. The summed E-state index contributed by atoms with van der Waals surface area (Å²) in [6.45, 7) is 5.01. The van der Waals surface area contributed by atoms with Crippen LogP contribution in [0.2, 0.25) is 0 Å². The maximum atomic E-state index is 11.3. The third kappa shape index (κ3) is 8.14. The number of fused-ring (bicyclic) bond motifs is 1. The molecule has 12 heteroatoms. The molecule has 0 heterocycles. The van der Waals surface area contributed by atoms with Gasteiger partial charge in [-0.3, -0.25) is 0 Å². The third-order valence-corrected chi connectivity index (χ3v) is 6.54. The summed E-state index contributed by atoms with van der Waals surface area (Å²) >= 11 is 0.858. The van der Waals surface area contributed by atoms with Gasteiger partial charge in [-0.2, -0.15) is 25.6 Å². The van der Waals surface area contributed by atoms with Crippen molar-refractivity contribution in [3.05, 3.63) is 72.3 Å². The summed E-state index contributed by atoms with van der Waals surface area (Å²) in [6, 6.07) is 20.1. The van der Waals surface area contributed by atoms with Crippen LogP contribution >= 0.6 is 12.0 Å². The lowest BCUT2D eigenvalue weighted by atomic mass is 10.0. The van der Waals surface area contributed by atoms with Crippen LogP contribution in [-0.2, 0) is 14.3 Å². The number of nitrogens with one attached hydrogen (secondary N) is 1. The Labute approximate surface area is 242 Å². The van der Waals surface area contributed by atoms with Crippen molar-refractivity contribution in [2.75, 3.05) is 26.0 Å². The molecule has 0 saturated carbocycles. The SMILES string of the molecule is CCCCNc1cc2c(O)c(N=Nc3ccc(N=Nc4ccc(N=NC)cc4)cc3)c(SOOOC)cc2cc1C. The summed E-state index contributed by atoms with van der Waals surface area (Å²) in [5, 5.41) is 45.7. The molecule has 11 nitrogen and oxygen atoms in total. The molecular weight excluding hydrogens is 542 g/mol. The third-order valence-electron chi connectivity index (χ3n) is 5.92. The number of phenols is 1. The molecule has 0 amide bonds. The number of anilines is 1. The van der Waals surface area contributed by atoms with E-state index in [-0.39, 0.29) is 11.4 Å². The van der Waals surface area contributed by atoms with Gasteiger partial charge in [-0.1, -0.05) is 18.4 Å². The van der Waals surface area contributed by atoms with Gasteiger partial charge in [0.1, 0.15) is 5.69 Å². The molecule has 0 aliphatic heterocycles. The van der Waals surface area contributed by atoms with Crippen molar-refractivity contribution in [2.24, 2.45) is 30.7 Å². The molecule has 0 atom stereocenters. The second-order valence-corrected chi connectivity index (χ2v) is 9.60. The second-order valence-electron chi connectivity index (χ2n) is 8.86. The van der Waals surface area contributed by atoms with Crippen LogP contribution in [0, 0.1) is 6.92 Å². The Morgan fingerprint density at radius 3 is 1.98 bits per heavy atom. The first-order valence-electron chi connectivity index (χ1n) is 12.9. The predicted octanol–water partition coefficient (Wildman–Crippen LogP) is 10.1. The highest BCUT2D eigenvalue weighted by molar-refractivity contribution is 7.94. The van der Waals surface area contributed by atoms with Gasteiger partial charge in [0, 0.05) is 24.7 Å². The fourth-order valence-electron chi connectivity index (χ4n) is 3.85. The van der Waals surface area contributed by atoms with Crippen LogP contribution in [0.25, 0.3) is 10.8 Å². The molecule has 4 rings (SSSR count). The van der Waals surface area contributed by atoms with Crippen LogP contribution < -0.4 is 5.32 Å². The van der Waals surface area contributed by atoms with Gasteiger partial charge in [-0.05, 0) is 91.0 Å². The maximum absolute atomic E-state index is 11.3. The molecule has 4 aromatic rings. The minimum absolute atomic E-state index is 0.0230. The topological polar surface area (TPSA) is 134 Å². The summed E-state index contributed by atoms with van der Waals surface area (Å²) in [6.07, 6.45) is 2.14. The monoisotopic (exact) mass is 573 g/mol. The van der Waals surface area contributed by atoms with Crippen LogP contribution in [0.1, 0.15) is 25.3 Å². The summed E-state index contributed by atoms with van der Waals surface area (Å²) in [4.78, 5) is 5.01. The molecule has 0 bridgehead atoms. The Hall–Kier alpha value is -4.23. The number of phenolic OH excluding ortho intramolecular Hbond substituents is 1. The van der Waals surface area contributed by atoms with Crippen molar-refractivity contribution >= 4 is 56.9 Å². The lowest BCUT2D eigenvalue weighted by molar-refractivity contribution is -0.447. The van der Waals surface area contributed by atoms with E-state index in [0.29, 0.717) is 27.3 Å². The van der Waals surface area contributed by atoms with Crippen LogP contribution in [0.15, 0.2) is 102 Å². The Kier molecular flexibility index (Phi) is 10.9. The highest BCUT2D eigenvalue weighted by Crippen LogP contribution is 2.45. The lowest BCUT2D eigenvalue weighted by Crippen LogP contribution is -2.02. The van der Waals surface area contributed by atoms with E-state index < -0.39 is 0 Å². The van der Waals surface area contributed by atoms with E-state index in [9.17, 15) is 5.11 Å². The molecular formula is C29H31N7O4S. The zero-order chi connectivity index (χ0) is 29.0. The fraction of sp³-hybridized carbons (Fsp3) is 0.241. The first-order valence-corrected chi connectivity index (χ1v) is 13.7. The first-order chi connectivity index (χ1) is 20.0. The summed E-state index contributed by atoms with van der Waals surface area (Å²) < 4.78 is 5.02. The number of hydrogen-bond acceptors (Lipinski definition) is 12. The largest absolute Gasteiger partial charge is 0.505 e. The van der Waals surface area contributed by atoms with Crippen molar-refractivity contribution in [1.29, 1.82) is 0 Å². The Morgan fingerprint density at radius 2 is 1.41 bits per heavy atom. The first kappa shape index (κ1) is 29.7. The molecule has 0 spiro atoms. The normalized spacial score (nSPS) is 11.9. The number of azo groups is 3.